The van der Waals surface area contributed by atoms with Crippen molar-refractivity contribution in [1.82, 2.24) is 5.32 Å². The number of hydrogen-bond acceptors (Lipinski definition) is 4. The summed E-state index contributed by atoms with van der Waals surface area (Å²) in [5.74, 6) is -0.323. The van der Waals surface area contributed by atoms with Crippen molar-refractivity contribution in [2.75, 3.05) is 13.2 Å². The van der Waals surface area contributed by atoms with E-state index in [2.05, 4.69) is 5.32 Å². The van der Waals surface area contributed by atoms with Crippen LogP contribution in [0.3, 0.4) is 0 Å². The first kappa shape index (κ1) is 18.0. The molecule has 1 amide bonds. The molecule has 2 rings (SSSR count). The summed E-state index contributed by atoms with van der Waals surface area (Å²) in [6.45, 7) is 0.0552. The van der Waals surface area contributed by atoms with E-state index < -0.39 is 4.92 Å². The Bertz CT molecular complexity index is 753. The van der Waals surface area contributed by atoms with Gasteiger partial charge in [0.05, 0.1) is 4.92 Å². The normalized spacial score (nSPS) is 10.2. The van der Waals surface area contributed by atoms with Crippen LogP contribution in [0.15, 0.2) is 42.5 Å². The molecule has 0 fully saturated rings. The summed E-state index contributed by atoms with van der Waals surface area (Å²) in [5.41, 5.74) is 0.680. The zero-order valence-electron chi connectivity index (χ0n) is 12.5. The molecule has 0 spiro atoms. The third kappa shape index (κ3) is 5.11. The number of nitrogens with one attached hydrogen (secondary N) is 1. The minimum atomic E-state index is -0.560. The zero-order valence-corrected chi connectivity index (χ0v) is 14.0. The minimum absolute atomic E-state index is 0.0541. The van der Waals surface area contributed by atoms with E-state index in [1.807, 2.05) is 0 Å². The number of hydrogen-bond donors (Lipinski definition) is 1. The number of halogens is 2. The molecule has 8 heteroatoms. The Hall–Kier alpha value is -2.31. The van der Waals surface area contributed by atoms with Crippen molar-refractivity contribution >= 4 is 34.8 Å². The summed E-state index contributed by atoms with van der Waals surface area (Å²) >= 11 is 11.9. The molecule has 0 radical (unpaired) electrons. The van der Waals surface area contributed by atoms with Gasteiger partial charge in [-0.2, -0.15) is 0 Å². The predicted molar refractivity (Wildman–Crippen MR) is 91.8 cm³/mol. The van der Waals surface area contributed by atoms with Gasteiger partial charge in [0.2, 0.25) is 0 Å². The van der Waals surface area contributed by atoms with Crippen LogP contribution in [0.1, 0.15) is 5.56 Å². The molecule has 0 saturated heterocycles. The molecule has 0 heterocycles. The van der Waals surface area contributed by atoms with Gasteiger partial charge >= 0.3 is 5.69 Å². The standard InChI is InChI=1S/C16H14Cl2N2O4/c17-12-6-5-11(13(18)9-12)7-8-19-16(21)10-24-15-4-2-1-3-14(15)20(22)23/h1-6,9H,7-8,10H2,(H,19,21). The monoisotopic (exact) mass is 368 g/mol. The van der Waals surface area contributed by atoms with Crippen LogP contribution in [-0.4, -0.2) is 24.0 Å². The quantitative estimate of drug-likeness (QED) is 0.597. The van der Waals surface area contributed by atoms with Gasteiger partial charge in [-0.3, -0.25) is 14.9 Å². The van der Waals surface area contributed by atoms with Gasteiger partial charge in [-0.1, -0.05) is 41.4 Å². The summed E-state index contributed by atoms with van der Waals surface area (Å²) in [6.07, 6.45) is 0.535. The highest BCUT2D eigenvalue weighted by atomic mass is 35.5. The Morgan fingerprint density at radius 3 is 2.67 bits per heavy atom. The van der Waals surface area contributed by atoms with E-state index in [1.165, 1.54) is 18.2 Å². The lowest BCUT2D eigenvalue weighted by molar-refractivity contribution is -0.385. The fourth-order valence-electron chi connectivity index (χ4n) is 1.99. The van der Waals surface area contributed by atoms with Gasteiger partial charge in [0.1, 0.15) is 0 Å². The van der Waals surface area contributed by atoms with Crippen LogP contribution in [0.4, 0.5) is 5.69 Å². The first-order valence-electron chi connectivity index (χ1n) is 7.04. The lowest BCUT2D eigenvalue weighted by Crippen LogP contribution is -2.30. The van der Waals surface area contributed by atoms with Crippen LogP contribution < -0.4 is 10.1 Å². The van der Waals surface area contributed by atoms with Crippen LogP contribution in [-0.2, 0) is 11.2 Å². The average molecular weight is 369 g/mol. The van der Waals surface area contributed by atoms with Gasteiger partial charge in [-0.05, 0) is 30.2 Å². The molecule has 1 N–H and O–H groups in total. The number of benzene rings is 2. The van der Waals surface area contributed by atoms with Gasteiger partial charge in [0.15, 0.2) is 12.4 Å². The summed E-state index contributed by atoms with van der Waals surface area (Å²) < 4.78 is 5.21. The second kappa shape index (κ2) is 8.52. The summed E-state index contributed by atoms with van der Waals surface area (Å²) in [7, 11) is 0. The first-order chi connectivity index (χ1) is 11.5. The molecule has 0 unspecified atom stereocenters. The number of ether oxygens (including phenoxy) is 1. The molecule has 24 heavy (non-hydrogen) atoms. The van der Waals surface area contributed by atoms with Gasteiger partial charge in [-0.15, -0.1) is 0 Å². The van der Waals surface area contributed by atoms with E-state index in [0.717, 1.165) is 5.56 Å². The molecule has 0 bridgehead atoms. The fourth-order valence-corrected chi connectivity index (χ4v) is 2.49. The van der Waals surface area contributed by atoms with E-state index in [1.54, 1.807) is 24.3 Å². The number of carbonyl (C=O) groups is 1. The maximum absolute atomic E-state index is 11.8. The molecule has 2 aromatic rings. The lowest BCUT2D eigenvalue weighted by Gasteiger charge is -2.08. The van der Waals surface area contributed by atoms with Crippen molar-refractivity contribution in [2.24, 2.45) is 0 Å². The highest BCUT2D eigenvalue weighted by Crippen LogP contribution is 2.25. The van der Waals surface area contributed by atoms with Crippen LogP contribution in [0.2, 0.25) is 10.0 Å². The third-order valence-corrected chi connectivity index (χ3v) is 3.74. The fraction of sp³-hybridized carbons (Fsp3) is 0.188. The predicted octanol–water partition coefficient (Wildman–Crippen LogP) is 3.64. The molecular formula is C16H14Cl2N2O4. The molecule has 126 valence electrons. The van der Waals surface area contributed by atoms with E-state index >= 15 is 0 Å². The Balaban J connectivity index is 1.81. The van der Waals surface area contributed by atoms with Crippen molar-refractivity contribution < 1.29 is 14.5 Å². The molecule has 0 aliphatic heterocycles. The number of nitro groups is 1. The molecular weight excluding hydrogens is 355 g/mol. The number of nitrogens with zero attached hydrogens (tertiary/aromatic N) is 1. The SMILES string of the molecule is O=C(COc1ccccc1[N+](=O)[O-])NCCc1ccc(Cl)cc1Cl. The van der Waals surface area contributed by atoms with Crippen molar-refractivity contribution in [3.8, 4) is 5.75 Å². The number of carbonyl (C=O) groups excluding carboxylic acids is 1. The van der Waals surface area contributed by atoms with E-state index in [4.69, 9.17) is 27.9 Å². The Kier molecular flexibility index (Phi) is 6.40. The largest absolute Gasteiger partial charge is 0.477 e. The van der Waals surface area contributed by atoms with Crippen LogP contribution >= 0.6 is 23.2 Å². The third-order valence-electron chi connectivity index (χ3n) is 3.15. The minimum Gasteiger partial charge on any atom is -0.477 e. The topological polar surface area (TPSA) is 81.5 Å². The van der Waals surface area contributed by atoms with Crippen LogP contribution in [0.25, 0.3) is 0 Å². The highest BCUT2D eigenvalue weighted by Gasteiger charge is 2.14. The first-order valence-corrected chi connectivity index (χ1v) is 7.80. The molecule has 2 aromatic carbocycles. The van der Waals surface area contributed by atoms with Gasteiger partial charge in [0.25, 0.3) is 5.91 Å². The Labute approximate surface area is 148 Å². The second-order valence-electron chi connectivity index (χ2n) is 4.85. The molecule has 6 nitrogen and oxygen atoms in total. The van der Waals surface area contributed by atoms with Crippen molar-refractivity contribution in [2.45, 2.75) is 6.42 Å². The summed E-state index contributed by atoms with van der Waals surface area (Å²) in [4.78, 5) is 22.1. The van der Waals surface area contributed by atoms with E-state index in [9.17, 15) is 14.9 Å². The maximum Gasteiger partial charge on any atom is 0.310 e. The number of amides is 1. The Morgan fingerprint density at radius 2 is 1.96 bits per heavy atom. The summed E-state index contributed by atoms with van der Waals surface area (Å²) in [6, 6.07) is 11.0. The number of para-hydroxylation sites is 2. The maximum atomic E-state index is 11.8. The van der Waals surface area contributed by atoms with E-state index in [-0.39, 0.29) is 24.0 Å². The van der Waals surface area contributed by atoms with Crippen molar-refractivity contribution in [3.63, 3.8) is 0 Å². The molecule has 0 saturated carbocycles. The zero-order chi connectivity index (χ0) is 17.5. The number of rotatable bonds is 7. The number of nitro benzene ring substituents is 1. The van der Waals surface area contributed by atoms with Gasteiger partial charge < -0.3 is 10.1 Å². The Morgan fingerprint density at radius 1 is 1.21 bits per heavy atom. The second-order valence-corrected chi connectivity index (χ2v) is 5.69. The highest BCUT2D eigenvalue weighted by molar-refractivity contribution is 6.35. The molecule has 0 aromatic heterocycles. The van der Waals surface area contributed by atoms with Gasteiger partial charge in [-0.25, -0.2) is 0 Å². The molecule has 0 aliphatic carbocycles. The average Bonchev–Trinajstić information content (AvgIpc) is 2.55. The molecule has 0 aliphatic rings. The van der Waals surface area contributed by atoms with Crippen molar-refractivity contribution in [3.05, 3.63) is 68.2 Å². The van der Waals surface area contributed by atoms with Crippen LogP contribution in [0.5, 0.6) is 5.75 Å². The van der Waals surface area contributed by atoms with Gasteiger partial charge in [0, 0.05) is 22.7 Å². The van der Waals surface area contributed by atoms with Crippen LogP contribution in [0, 0.1) is 10.1 Å². The smallest absolute Gasteiger partial charge is 0.310 e. The van der Waals surface area contributed by atoms with E-state index in [0.29, 0.717) is 23.0 Å². The lowest BCUT2D eigenvalue weighted by atomic mass is 10.1. The van der Waals surface area contributed by atoms with Crippen molar-refractivity contribution in [1.29, 1.82) is 0 Å². The molecule has 0 atom stereocenters. The summed E-state index contributed by atoms with van der Waals surface area (Å²) in [5, 5.41) is 14.6.